The van der Waals surface area contributed by atoms with Crippen LogP contribution in [0.4, 0.5) is 0 Å². The Hall–Kier alpha value is -2.35. The van der Waals surface area contributed by atoms with Gasteiger partial charge in [0.05, 0.1) is 0 Å². The highest BCUT2D eigenvalue weighted by atomic mass is 32.2. The van der Waals surface area contributed by atoms with Gasteiger partial charge in [-0.2, -0.15) is 0 Å². The molecule has 3 rings (SSSR count). The zero-order valence-electron chi connectivity index (χ0n) is 14.6. The van der Waals surface area contributed by atoms with Crippen LogP contribution in [0, 0.1) is 0 Å². The zero-order chi connectivity index (χ0) is 19.2. The number of carboxylic acids is 1. The molecule has 4 atom stereocenters. The minimum absolute atomic E-state index is 0.319. The first-order valence-electron chi connectivity index (χ1n) is 8.23. The molecule has 2 heterocycles. The van der Waals surface area contributed by atoms with Crippen molar-refractivity contribution in [2.45, 2.75) is 48.9 Å². The maximum absolute atomic E-state index is 12.7. The Labute approximate surface area is 155 Å². The molecular formula is C18H20N2O5S. The van der Waals surface area contributed by atoms with E-state index >= 15 is 0 Å². The Morgan fingerprint density at radius 2 is 1.85 bits per heavy atom. The van der Waals surface area contributed by atoms with Crippen LogP contribution >= 0.6 is 11.8 Å². The second-order valence-electron chi connectivity index (χ2n) is 7.04. The van der Waals surface area contributed by atoms with E-state index in [9.17, 15) is 24.3 Å². The number of carboxylic acid groups (broad SMARTS) is 1. The van der Waals surface area contributed by atoms with E-state index < -0.39 is 45.9 Å². The average molecular weight is 376 g/mol. The fourth-order valence-corrected chi connectivity index (χ4v) is 5.22. The molecule has 0 spiro atoms. The van der Waals surface area contributed by atoms with Gasteiger partial charge in [-0.1, -0.05) is 30.3 Å². The molecular weight excluding hydrogens is 356 g/mol. The van der Waals surface area contributed by atoms with Gasteiger partial charge in [0.25, 0.3) is 0 Å². The first kappa shape index (κ1) is 18.4. The Balaban J connectivity index is 1.78. The third-order valence-electron chi connectivity index (χ3n) is 4.77. The van der Waals surface area contributed by atoms with Gasteiger partial charge in [-0.05, 0) is 26.3 Å². The molecule has 2 aliphatic rings. The number of carbonyl (C=O) groups excluding carboxylic acids is 3. The van der Waals surface area contributed by atoms with E-state index in [2.05, 4.69) is 5.32 Å². The molecule has 0 aliphatic carbocycles. The number of nitrogens with zero attached hydrogens (tertiary/aromatic N) is 1. The highest BCUT2D eigenvalue weighted by molar-refractivity contribution is 8.01. The van der Waals surface area contributed by atoms with Gasteiger partial charge in [-0.3, -0.25) is 14.4 Å². The Morgan fingerprint density at radius 3 is 2.38 bits per heavy atom. The molecule has 0 radical (unpaired) electrons. The predicted molar refractivity (Wildman–Crippen MR) is 95.5 cm³/mol. The Kier molecular flexibility index (Phi) is 4.56. The summed E-state index contributed by atoms with van der Waals surface area (Å²) in [5.41, 5.74) is 0.559. The second kappa shape index (κ2) is 6.42. The maximum Gasteiger partial charge on any atom is 0.327 e. The normalized spacial score (nSPS) is 27.3. The lowest BCUT2D eigenvalue weighted by atomic mass is 9.92. The van der Waals surface area contributed by atoms with Crippen LogP contribution in [0.1, 0.15) is 32.3 Å². The number of β-lactam (4-membered cyclic amide) rings is 1. The molecule has 2 saturated heterocycles. The van der Waals surface area contributed by atoms with Crippen LogP contribution in [0.2, 0.25) is 0 Å². The van der Waals surface area contributed by atoms with Crippen LogP contribution in [0.25, 0.3) is 0 Å². The summed E-state index contributed by atoms with van der Waals surface area (Å²) in [6.07, 6.45) is 0. The van der Waals surface area contributed by atoms with Gasteiger partial charge in [0, 0.05) is 4.75 Å². The number of amides is 2. The number of hydrogen-bond donors (Lipinski definition) is 2. The minimum Gasteiger partial charge on any atom is -0.480 e. The first-order valence-corrected chi connectivity index (χ1v) is 9.11. The van der Waals surface area contributed by atoms with Gasteiger partial charge in [-0.25, -0.2) is 4.79 Å². The second-order valence-corrected chi connectivity index (χ2v) is 8.81. The third kappa shape index (κ3) is 2.88. The zero-order valence-corrected chi connectivity index (χ0v) is 15.4. The van der Waals surface area contributed by atoms with Gasteiger partial charge < -0.3 is 15.3 Å². The van der Waals surface area contributed by atoms with Crippen LogP contribution in [-0.2, 0) is 19.2 Å². The molecule has 2 N–H and O–H groups in total. The molecule has 0 saturated carbocycles. The van der Waals surface area contributed by atoms with E-state index in [0.717, 1.165) is 0 Å². The number of ketones is 1. The number of hydrogen-bond acceptors (Lipinski definition) is 5. The highest BCUT2D eigenvalue weighted by Crippen LogP contribution is 2.50. The van der Waals surface area contributed by atoms with Gasteiger partial charge >= 0.3 is 5.97 Å². The maximum atomic E-state index is 12.7. The Morgan fingerprint density at radius 1 is 1.23 bits per heavy atom. The summed E-state index contributed by atoms with van der Waals surface area (Å²) in [6.45, 7) is 4.87. The summed E-state index contributed by atoms with van der Waals surface area (Å²) in [4.78, 5) is 50.0. The molecule has 7 nitrogen and oxygen atoms in total. The lowest BCUT2D eigenvalue weighted by Gasteiger charge is -2.43. The quantitative estimate of drug-likeness (QED) is 0.587. The number of rotatable bonds is 5. The van der Waals surface area contributed by atoms with Crippen LogP contribution in [0.15, 0.2) is 30.3 Å². The lowest BCUT2D eigenvalue weighted by Crippen LogP contribution is -2.71. The number of benzene rings is 1. The van der Waals surface area contributed by atoms with Crippen molar-refractivity contribution in [3.05, 3.63) is 35.9 Å². The molecule has 8 heteroatoms. The number of thioether (sulfide) groups is 1. The molecule has 0 unspecified atom stereocenters. The number of nitrogens with one attached hydrogen (secondary N) is 1. The molecule has 2 fully saturated rings. The molecule has 1 aromatic carbocycles. The van der Waals surface area contributed by atoms with Crippen molar-refractivity contribution < 1.29 is 24.3 Å². The number of Topliss-reactive ketones (excluding diaryl/α,β-unsaturated/α-hetero) is 1. The number of carbonyl (C=O) groups is 4. The van der Waals surface area contributed by atoms with Gasteiger partial charge in [0.1, 0.15) is 29.2 Å². The van der Waals surface area contributed by atoms with Crippen molar-refractivity contribution in [2.75, 3.05) is 0 Å². The van der Waals surface area contributed by atoms with E-state index in [4.69, 9.17) is 0 Å². The van der Waals surface area contributed by atoms with Crippen LogP contribution in [0.3, 0.4) is 0 Å². The van der Waals surface area contributed by atoms with Crippen LogP contribution in [0.5, 0.6) is 0 Å². The number of fused-ring (bicyclic) bond motifs is 1. The molecule has 138 valence electrons. The fourth-order valence-electron chi connectivity index (χ4n) is 3.60. The molecule has 0 bridgehead atoms. The average Bonchev–Trinajstić information content (AvgIpc) is 2.82. The van der Waals surface area contributed by atoms with Gasteiger partial charge in [0.15, 0.2) is 0 Å². The number of aliphatic carboxylic acids is 1. The molecule has 26 heavy (non-hydrogen) atoms. The van der Waals surface area contributed by atoms with Crippen molar-refractivity contribution in [1.82, 2.24) is 10.2 Å². The van der Waals surface area contributed by atoms with E-state index in [-0.39, 0.29) is 5.78 Å². The Bertz CT molecular complexity index is 779. The minimum atomic E-state index is -1.06. The van der Waals surface area contributed by atoms with E-state index in [1.165, 1.54) is 23.6 Å². The smallest absolute Gasteiger partial charge is 0.327 e. The SMILES string of the molecule is CC(=O)[C@@H](C(=O)N[C@H]1C(=O)N2[C@@H]1SC(C)(C)[C@@H]2C(=O)O)c1ccccc1. The summed E-state index contributed by atoms with van der Waals surface area (Å²) in [6, 6.07) is 6.89. The summed E-state index contributed by atoms with van der Waals surface area (Å²) in [7, 11) is 0. The fraction of sp³-hybridized carbons (Fsp3) is 0.444. The van der Waals surface area contributed by atoms with E-state index in [0.29, 0.717) is 5.56 Å². The van der Waals surface area contributed by atoms with E-state index in [1.807, 2.05) is 0 Å². The summed E-state index contributed by atoms with van der Waals surface area (Å²) < 4.78 is -0.662. The van der Waals surface area contributed by atoms with Crippen molar-refractivity contribution in [3.8, 4) is 0 Å². The third-order valence-corrected chi connectivity index (χ3v) is 6.35. The highest BCUT2D eigenvalue weighted by Gasteiger charge is 2.64. The van der Waals surface area contributed by atoms with Gasteiger partial charge in [-0.15, -0.1) is 11.8 Å². The van der Waals surface area contributed by atoms with Crippen molar-refractivity contribution in [1.29, 1.82) is 0 Å². The summed E-state index contributed by atoms with van der Waals surface area (Å²) in [5.74, 6) is -3.34. The van der Waals surface area contributed by atoms with Crippen LogP contribution < -0.4 is 5.32 Å². The van der Waals surface area contributed by atoms with Crippen LogP contribution in [-0.4, -0.2) is 55.8 Å². The summed E-state index contributed by atoms with van der Waals surface area (Å²) in [5, 5.41) is 11.6. The molecule has 2 amide bonds. The first-order chi connectivity index (χ1) is 12.1. The van der Waals surface area contributed by atoms with Crippen molar-refractivity contribution in [3.63, 3.8) is 0 Å². The largest absolute Gasteiger partial charge is 0.480 e. The molecule has 0 aromatic heterocycles. The van der Waals surface area contributed by atoms with E-state index in [1.54, 1.807) is 44.2 Å². The van der Waals surface area contributed by atoms with Crippen molar-refractivity contribution in [2.24, 2.45) is 0 Å². The summed E-state index contributed by atoms with van der Waals surface area (Å²) >= 11 is 1.35. The lowest BCUT2D eigenvalue weighted by molar-refractivity contribution is -0.161. The van der Waals surface area contributed by atoms with Crippen molar-refractivity contribution >= 4 is 35.3 Å². The topological polar surface area (TPSA) is 104 Å². The van der Waals surface area contributed by atoms with Gasteiger partial charge in [0.2, 0.25) is 11.8 Å². The predicted octanol–water partition coefficient (Wildman–Crippen LogP) is 0.991. The standard InChI is InChI=1S/C18H20N2O5S/c1-9(21)11(10-7-5-4-6-8-10)14(22)19-12-15(23)20-13(17(24)25)18(2,3)26-16(12)20/h4-8,11-13,16H,1-3H3,(H,19,22)(H,24,25)/t11-,12+,13+,16-/m1/s1. The monoisotopic (exact) mass is 376 g/mol. The molecule has 1 aromatic rings. The molecule has 2 aliphatic heterocycles.